The molecule has 0 spiro atoms. The maximum Gasteiger partial charge on any atom is 0.167 e. The van der Waals surface area contributed by atoms with E-state index in [1.165, 1.54) is 18.2 Å². The first kappa shape index (κ1) is 14.6. The summed E-state index contributed by atoms with van der Waals surface area (Å²) in [5, 5.41) is 8.68. The van der Waals surface area contributed by atoms with E-state index in [0.29, 0.717) is 0 Å². The van der Waals surface area contributed by atoms with Gasteiger partial charge in [-0.15, -0.1) is 0 Å². The highest BCUT2D eigenvalue weighted by Crippen LogP contribution is 2.34. The van der Waals surface area contributed by atoms with Gasteiger partial charge in [-0.2, -0.15) is 5.26 Å². The van der Waals surface area contributed by atoms with Crippen LogP contribution in [0.5, 0.6) is 17.2 Å². The zero-order valence-electron chi connectivity index (χ0n) is 11.2. The molecule has 0 amide bonds. The van der Waals surface area contributed by atoms with Crippen molar-refractivity contribution in [3.63, 3.8) is 0 Å². The quantitative estimate of drug-likeness (QED) is 0.873. The molecule has 6 heteroatoms. The van der Waals surface area contributed by atoms with Crippen LogP contribution in [0.2, 0.25) is 0 Å². The van der Waals surface area contributed by atoms with Gasteiger partial charge in [0.2, 0.25) is 0 Å². The number of nitrogens with two attached hydrogens (primary N) is 1. The summed E-state index contributed by atoms with van der Waals surface area (Å²) in [6.07, 6.45) is 0. The van der Waals surface area contributed by atoms with Crippen molar-refractivity contribution in [3.05, 3.63) is 47.5 Å². The van der Waals surface area contributed by atoms with Gasteiger partial charge >= 0.3 is 0 Å². The molecule has 108 valence electrons. The van der Waals surface area contributed by atoms with Gasteiger partial charge in [-0.1, -0.05) is 0 Å². The highest BCUT2D eigenvalue weighted by molar-refractivity contribution is 5.57. The molecule has 4 nitrogen and oxygen atoms in total. The topological polar surface area (TPSA) is 68.3 Å². The first-order valence-corrected chi connectivity index (χ1v) is 6.14. The summed E-state index contributed by atoms with van der Waals surface area (Å²) in [6, 6.07) is 7.86. The number of benzene rings is 2. The maximum absolute atomic E-state index is 13.8. The van der Waals surface area contributed by atoms with E-state index in [2.05, 4.69) is 0 Å². The van der Waals surface area contributed by atoms with Gasteiger partial charge in [-0.05, 0) is 25.1 Å². The van der Waals surface area contributed by atoms with Crippen LogP contribution < -0.4 is 15.2 Å². The molecule has 0 radical (unpaired) electrons. The lowest BCUT2D eigenvalue weighted by molar-refractivity contribution is 0.319. The standard InChI is InChI=1S/C15H12F2N2O2/c1-2-20-14-7-15(12(19)6-11(14)17)21-13-4-3-9(8-18)5-10(13)16/h3-7H,2,19H2,1H3. The zero-order chi connectivity index (χ0) is 15.4. The Balaban J connectivity index is 2.35. The third-order valence-electron chi connectivity index (χ3n) is 2.65. The minimum atomic E-state index is -0.712. The molecule has 0 unspecified atom stereocenters. The molecule has 0 bridgehead atoms. The number of hydrogen-bond acceptors (Lipinski definition) is 4. The van der Waals surface area contributed by atoms with Crippen LogP contribution in [-0.4, -0.2) is 6.61 Å². The van der Waals surface area contributed by atoms with Gasteiger partial charge in [0.1, 0.15) is 0 Å². The van der Waals surface area contributed by atoms with Gasteiger partial charge in [0.15, 0.2) is 28.9 Å². The zero-order valence-corrected chi connectivity index (χ0v) is 11.2. The molecule has 0 heterocycles. The van der Waals surface area contributed by atoms with Gasteiger partial charge in [0.05, 0.1) is 23.9 Å². The highest BCUT2D eigenvalue weighted by atomic mass is 19.1. The molecule has 0 saturated carbocycles. The van der Waals surface area contributed by atoms with Gasteiger partial charge in [0, 0.05) is 12.1 Å². The second-order valence-corrected chi connectivity index (χ2v) is 4.11. The fourth-order valence-electron chi connectivity index (χ4n) is 1.68. The molecule has 0 saturated heterocycles. The number of rotatable bonds is 4. The first-order chi connectivity index (χ1) is 10.0. The SMILES string of the molecule is CCOc1cc(Oc2ccc(C#N)cc2F)c(N)cc1F. The van der Waals surface area contributed by atoms with Crippen LogP contribution in [0.1, 0.15) is 12.5 Å². The molecule has 0 aromatic heterocycles. The summed E-state index contributed by atoms with van der Waals surface area (Å²) in [5.41, 5.74) is 5.83. The Kier molecular flexibility index (Phi) is 4.24. The Bertz CT molecular complexity index is 712. The molecular formula is C15H12F2N2O2. The van der Waals surface area contributed by atoms with E-state index < -0.39 is 11.6 Å². The van der Waals surface area contributed by atoms with Crippen LogP contribution in [0.4, 0.5) is 14.5 Å². The highest BCUT2D eigenvalue weighted by Gasteiger charge is 2.13. The van der Waals surface area contributed by atoms with Crippen molar-refractivity contribution < 1.29 is 18.3 Å². The molecule has 0 aliphatic carbocycles. The van der Waals surface area contributed by atoms with Crippen LogP contribution in [0, 0.1) is 23.0 Å². The van der Waals surface area contributed by atoms with E-state index in [9.17, 15) is 8.78 Å². The first-order valence-electron chi connectivity index (χ1n) is 6.14. The Morgan fingerprint density at radius 2 is 1.81 bits per heavy atom. The summed E-state index contributed by atoms with van der Waals surface area (Å²) in [6.45, 7) is 1.97. The summed E-state index contributed by atoms with van der Waals surface area (Å²) in [7, 11) is 0. The minimum absolute atomic E-state index is 0.0136. The normalized spacial score (nSPS) is 10.0. The second-order valence-electron chi connectivity index (χ2n) is 4.11. The molecule has 2 aromatic rings. The fourth-order valence-corrected chi connectivity index (χ4v) is 1.68. The Morgan fingerprint density at radius 1 is 1.10 bits per heavy atom. The van der Waals surface area contributed by atoms with Crippen molar-refractivity contribution in [1.29, 1.82) is 5.26 Å². The number of ether oxygens (including phenoxy) is 2. The van der Waals surface area contributed by atoms with Gasteiger partial charge in [-0.3, -0.25) is 0 Å². The van der Waals surface area contributed by atoms with E-state index in [0.717, 1.165) is 12.1 Å². The minimum Gasteiger partial charge on any atom is -0.491 e. The molecule has 2 N–H and O–H groups in total. The summed E-state index contributed by atoms with van der Waals surface area (Å²) in [5.74, 6) is -1.41. The molecule has 0 fully saturated rings. The van der Waals surface area contributed by atoms with Crippen LogP contribution in [0.3, 0.4) is 0 Å². The molecule has 0 aliphatic heterocycles. The number of nitrogens with zero attached hydrogens (tertiary/aromatic N) is 1. The molecule has 0 atom stereocenters. The van der Waals surface area contributed by atoms with E-state index in [1.54, 1.807) is 6.92 Å². The lowest BCUT2D eigenvalue weighted by Gasteiger charge is -2.12. The number of nitriles is 1. The van der Waals surface area contributed by atoms with Crippen LogP contribution in [-0.2, 0) is 0 Å². The molecular weight excluding hydrogens is 278 g/mol. The van der Waals surface area contributed by atoms with E-state index >= 15 is 0 Å². The van der Waals surface area contributed by atoms with Crippen molar-refractivity contribution >= 4 is 5.69 Å². The van der Waals surface area contributed by atoms with Crippen molar-refractivity contribution in [1.82, 2.24) is 0 Å². The van der Waals surface area contributed by atoms with E-state index in [4.69, 9.17) is 20.5 Å². The number of anilines is 1. The van der Waals surface area contributed by atoms with Crippen molar-refractivity contribution in [3.8, 4) is 23.3 Å². The van der Waals surface area contributed by atoms with Crippen LogP contribution in [0.25, 0.3) is 0 Å². The molecule has 2 aromatic carbocycles. The molecule has 21 heavy (non-hydrogen) atoms. The Morgan fingerprint density at radius 3 is 2.43 bits per heavy atom. The second kappa shape index (κ2) is 6.09. The fraction of sp³-hybridized carbons (Fsp3) is 0.133. The van der Waals surface area contributed by atoms with Crippen molar-refractivity contribution in [2.75, 3.05) is 12.3 Å². The number of nitrogen functional groups attached to an aromatic ring is 1. The third-order valence-corrected chi connectivity index (χ3v) is 2.65. The number of halogens is 2. The lowest BCUT2D eigenvalue weighted by atomic mass is 10.2. The number of hydrogen-bond donors (Lipinski definition) is 1. The van der Waals surface area contributed by atoms with Gasteiger partial charge in [0.25, 0.3) is 0 Å². The van der Waals surface area contributed by atoms with Gasteiger partial charge < -0.3 is 15.2 Å². The predicted molar refractivity (Wildman–Crippen MR) is 73.2 cm³/mol. The van der Waals surface area contributed by atoms with Crippen molar-refractivity contribution in [2.45, 2.75) is 6.92 Å². The van der Waals surface area contributed by atoms with Crippen LogP contribution in [0.15, 0.2) is 30.3 Å². The lowest BCUT2D eigenvalue weighted by Crippen LogP contribution is -1.99. The summed E-state index contributed by atoms with van der Waals surface area (Å²) in [4.78, 5) is 0. The average molecular weight is 290 g/mol. The maximum atomic E-state index is 13.8. The molecule has 2 rings (SSSR count). The smallest absolute Gasteiger partial charge is 0.167 e. The van der Waals surface area contributed by atoms with E-state index in [-0.39, 0.29) is 35.1 Å². The Hall–Kier alpha value is -2.81. The van der Waals surface area contributed by atoms with E-state index in [1.807, 2.05) is 6.07 Å². The third kappa shape index (κ3) is 3.20. The van der Waals surface area contributed by atoms with Crippen molar-refractivity contribution in [2.24, 2.45) is 0 Å². The largest absolute Gasteiger partial charge is 0.491 e. The van der Waals surface area contributed by atoms with Gasteiger partial charge in [-0.25, -0.2) is 8.78 Å². The Labute approximate surface area is 120 Å². The summed E-state index contributed by atoms with van der Waals surface area (Å²) < 4.78 is 37.7. The van der Waals surface area contributed by atoms with Crippen LogP contribution >= 0.6 is 0 Å². The monoisotopic (exact) mass is 290 g/mol. The molecule has 0 aliphatic rings. The average Bonchev–Trinajstić information content (AvgIpc) is 2.46. The summed E-state index contributed by atoms with van der Waals surface area (Å²) >= 11 is 0. The predicted octanol–water partition coefficient (Wildman–Crippen LogP) is 3.61.